The third kappa shape index (κ3) is 8.66. The van der Waals surface area contributed by atoms with Gasteiger partial charge in [0.15, 0.2) is 0 Å². The highest BCUT2D eigenvalue weighted by atomic mass is 15.1. The van der Waals surface area contributed by atoms with Crippen molar-refractivity contribution in [2.24, 2.45) is 0 Å². The predicted octanol–water partition coefficient (Wildman–Crippen LogP) is 0.762. The average molecular weight is 226 g/mol. The number of nitrogens with zero attached hydrogens (tertiary/aromatic N) is 3. The Bertz CT molecular complexity index is 198. The summed E-state index contributed by atoms with van der Waals surface area (Å²) in [6.45, 7) is 5.99. The largest absolute Gasteiger partial charge is 0.309 e. The van der Waals surface area contributed by atoms with Gasteiger partial charge in [-0.3, -0.25) is 0 Å². The van der Waals surface area contributed by atoms with Gasteiger partial charge < -0.3 is 15.1 Å². The van der Waals surface area contributed by atoms with Crippen LogP contribution in [0, 0.1) is 11.3 Å². The van der Waals surface area contributed by atoms with Gasteiger partial charge >= 0.3 is 0 Å². The molecule has 16 heavy (non-hydrogen) atoms. The first-order valence-corrected chi connectivity index (χ1v) is 6.06. The third-order valence-electron chi connectivity index (χ3n) is 2.44. The van der Waals surface area contributed by atoms with Crippen molar-refractivity contribution >= 4 is 0 Å². The normalized spacial score (nSPS) is 13.1. The molecule has 0 bridgehead atoms. The van der Waals surface area contributed by atoms with E-state index in [0.717, 1.165) is 39.0 Å². The number of likely N-dealkylation sites (N-methyl/N-ethyl adjacent to an activating group) is 1. The lowest BCUT2D eigenvalue weighted by molar-refractivity contribution is 0.285. The summed E-state index contributed by atoms with van der Waals surface area (Å²) >= 11 is 0. The Morgan fingerprint density at radius 1 is 1.25 bits per heavy atom. The Labute approximate surface area is 100 Å². The van der Waals surface area contributed by atoms with E-state index in [4.69, 9.17) is 5.26 Å². The van der Waals surface area contributed by atoms with Crippen LogP contribution in [-0.4, -0.2) is 63.2 Å². The van der Waals surface area contributed by atoms with Gasteiger partial charge in [0.05, 0.1) is 6.07 Å². The summed E-state index contributed by atoms with van der Waals surface area (Å²) in [5.41, 5.74) is 0. The lowest BCUT2D eigenvalue weighted by atomic mass is 10.2. The fraction of sp³-hybridized carbons (Fsp3) is 0.917. The molecule has 0 spiro atoms. The first-order chi connectivity index (χ1) is 7.60. The molecule has 0 aliphatic heterocycles. The van der Waals surface area contributed by atoms with E-state index in [0.29, 0.717) is 0 Å². The summed E-state index contributed by atoms with van der Waals surface area (Å²) in [7, 11) is 6.25. The fourth-order valence-corrected chi connectivity index (χ4v) is 1.53. The van der Waals surface area contributed by atoms with Crippen LogP contribution >= 0.6 is 0 Å². The Morgan fingerprint density at radius 3 is 2.44 bits per heavy atom. The van der Waals surface area contributed by atoms with E-state index >= 15 is 0 Å². The SMILES string of the molecule is CCCNC(C#N)CN(C)CCCN(C)C. The molecule has 1 N–H and O–H groups in total. The van der Waals surface area contributed by atoms with Crippen LogP contribution in [0.4, 0.5) is 0 Å². The van der Waals surface area contributed by atoms with E-state index in [2.05, 4.69) is 49.3 Å². The Hall–Kier alpha value is -0.630. The van der Waals surface area contributed by atoms with Gasteiger partial charge in [-0.25, -0.2) is 0 Å². The van der Waals surface area contributed by atoms with Gasteiger partial charge in [-0.15, -0.1) is 0 Å². The highest BCUT2D eigenvalue weighted by Gasteiger charge is 2.09. The number of nitrogens with one attached hydrogen (secondary N) is 1. The first-order valence-electron chi connectivity index (χ1n) is 6.06. The van der Waals surface area contributed by atoms with Gasteiger partial charge in [-0.05, 0) is 53.6 Å². The molecule has 0 heterocycles. The summed E-state index contributed by atoms with van der Waals surface area (Å²) in [5, 5.41) is 12.2. The van der Waals surface area contributed by atoms with Crippen molar-refractivity contribution in [1.82, 2.24) is 15.1 Å². The maximum atomic E-state index is 8.97. The molecule has 0 aliphatic rings. The van der Waals surface area contributed by atoms with Crippen LogP contribution < -0.4 is 5.32 Å². The highest BCUT2D eigenvalue weighted by Crippen LogP contribution is 1.93. The molecule has 94 valence electrons. The van der Waals surface area contributed by atoms with Crippen LogP contribution in [0.5, 0.6) is 0 Å². The number of rotatable bonds is 9. The van der Waals surface area contributed by atoms with E-state index in [1.54, 1.807) is 0 Å². The number of hydrogen-bond donors (Lipinski definition) is 1. The molecule has 0 saturated heterocycles. The molecule has 0 fully saturated rings. The van der Waals surface area contributed by atoms with Crippen molar-refractivity contribution in [3.63, 3.8) is 0 Å². The highest BCUT2D eigenvalue weighted by molar-refractivity contribution is 4.91. The molecule has 0 aliphatic carbocycles. The summed E-state index contributed by atoms with van der Waals surface area (Å²) in [5.74, 6) is 0. The van der Waals surface area contributed by atoms with Gasteiger partial charge in [0, 0.05) is 6.54 Å². The second-order valence-corrected chi connectivity index (χ2v) is 4.55. The van der Waals surface area contributed by atoms with Gasteiger partial charge in [0.1, 0.15) is 6.04 Å². The molecule has 0 aromatic carbocycles. The van der Waals surface area contributed by atoms with Crippen molar-refractivity contribution in [1.29, 1.82) is 5.26 Å². The summed E-state index contributed by atoms with van der Waals surface area (Å²) < 4.78 is 0. The smallest absolute Gasteiger partial charge is 0.108 e. The molecule has 0 radical (unpaired) electrons. The lowest BCUT2D eigenvalue weighted by Gasteiger charge is -2.21. The maximum Gasteiger partial charge on any atom is 0.108 e. The minimum atomic E-state index is -0.0377. The van der Waals surface area contributed by atoms with Gasteiger partial charge in [0.25, 0.3) is 0 Å². The summed E-state index contributed by atoms with van der Waals surface area (Å²) in [4.78, 5) is 4.41. The van der Waals surface area contributed by atoms with E-state index in [9.17, 15) is 0 Å². The Balaban J connectivity index is 3.66. The molecular weight excluding hydrogens is 200 g/mol. The van der Waals surface area contributed by atoms with Crippen LogP contribution in [0.3, 0.4) is 0 Å². The molecule has 4 nitrogen and oxygen atoms in total. The third-order valence-corrected chi connectivity index (χ3v) is 2.44. The second kappa shape index (κ2) is 9.59. The number of nitriles is 1. The Morgan fingerprint density at radius 2 is 1.94 bits per heavy atom. The van der Waals surface area contributed by atoms with Crippen LogP contribution in [0.1, 0.15) is 19.8 Å². The van der Waals surface area contributed by atoms with Crippen molar-refractivity contribution < 1.29 is 0 Å². The summed E-state index contributed by atoms with van der Waals surface area (Å²) in [6.07, 6.45) is 2.22. The van der Waals surface area contributed by atoms with Crippen molar-refractivity contribution in [3.05, 3.63) is 0 Å². The fourth-order valence-electron chi connectivity index (χ4n) is 1.53. The van der Waals surface area contributed by atoms with Crippen LogP contribution in [0.2, 0.25) is 0 Å². The molecule has 0 rings (SSSR count). The average Bonchev–Trinajstić information content (AvgIpc) is 2.23. The van der Waals surface area contributed by atoms with E-state index in [1.807, 2.05) is 0 Å². The zero-order chi connectivity index (χ0) is 12.4. The van der Waals surface area contributed by atoms with Gasteiger partial charge in [0.2, 0.25) is 0 Å². The molecule has 1 unspecified atom stereocenters. The minimum absolute atomic E-state index is 0.0377. The van der Waals surface area contributed by atoms with Gasteiger partial charge in [-0.1, -0.05) is 6.92 Å². The maximum absolute atomic E-state index is 8.97. The predicted molar refractivity (Wildman–Crippen MR) is 68.4 cm³/mol. The van der Waals surface area contributed by atoms with Crippen LogP contribution in [0.25, 0.3) is 0 Å². The zero-order valence-electron chi connectivity index (χ0n) is 11.2. The van der Waals surface area contributed by atoms with Crippen molar-refractivity contribution in [2.45, 2.75) is 25.8 Å². The second-order valence-electron chi connectivity index (χ2n) is 4.55. The first kappa shape index (κ1) is 15.4. The molecule has 0 aromatic rings. The zero-order valence-corrected chi connectivity index (χ0v) is 11.2. The lowest BCUT2D eigenvalue weighted by Crippen LogP contribution is -2.39. The standard InChI is InChI=1S/C12H26N4/c1-5-7-14-12(10-13)11-16(4)9-6-8-15(2)3/h12,14H,5-9,11H2,1-4H3. The summed E-state index contributed by atoms with van der Waals surface area (Å²) in [6, 6.07) is 2.27. The van der Waals surface area contributed by atoms with Crippen molar-refractivity contribution in [3.8, 4) is 6.07 Å². The van der Waals surface area contributed by atoms with E-state index < -0.39 is 0 Å². The topological polar surface area (TPSA) is 42.3 Å². The van der Waals surface area contributed by atoms with Crippen LogP contribution in [-0.2, 0) is 0 Å². The monoisotopic (exact) mass is 226 g/mol. The van der Waals surface area contributed by atoms with Crippen molar-refractivity contribution in [2.75, 3.05) is 47.3 Å². The Kier molecular flexibility index (Phi) is 9.21. The molecule has 0 saturated carbocycles. The molecule has 1 atom stereocenters. The molecule has 0 aromatic heterocycles. The number of hydrogen-bond acceptors (Lipinski definition) is 4. The molecular formula is C12H26N4. The molecule has 4 heteroatoms. The van der Waals surface area contributed by atoms with E-state index in [1.165, 1.54) is 0 Å². The molecule has 0 amide bonds. The quantitative estimate of drug-likeness (QED) is 0.630. The van der Waals surface area contributed by atoms with Crippen LogP contribution in [0.15, 0.2) is 0 Å². The minimum Gasteiger partial charge on any atom is -0.309 e. The van der Waals surface area contributed by atoms with E-state index in [-0.39, 0.29) is 6.04 Å². The van der Waals surface area contributed by atoms with Gasteiger partial charge in [-0.2, -0.15) is 5.26 Å².